The van der Waals surface area contributed by atoms with Crippen molar-refractivity contribution in [2.75, 3.05) is 13.2 Å². The van der Waals surface area contributed by atoms with E-state index < -0.39 is 0 Å². The van der Waals surface area contributed by atoms with Gasteiger partial charge in [0.15, 0.2) is 11.5 Å². The number of rotatable bonds is 4. The first-order chi connectivity index (χ1) is 10.8. The molecule has 1 aromatic carbocycles. The smallest absolute Gasteiger partial charge is 0.165 e. The van der Waals surface area contributed by atoms with Gasteiger partial charge in [-0.3, -0.25) is 9.97 Å². The predicted molar refractivity (Wildman–Crippen MR) is 84.1 cm³/mol. The Bertz CT molecular complexity index is 646. The van der Waals surface area contributed by atoms with Crippen LogP contribution in [0.4, 0.5) is 0 Å². The summed E-state index contributed by atoms with van der Waals surface area (Å²) in [6.45, 7) is 6.17. The van der Waals surface area contributed by atoms with Crippen molar-refractivity contribution in [2.24, 2.45) is 0 Å². The van der Waals surface area contributed by atoms with Crippen molar-refractivity contribution in [3.63, 3.8) is 0 Å². The minimum Gasteiger partial charge on any atom is -0.490 e. The van der Waals surface area contributed by atoms with E-state index in [2.05, 4.69) is 28.3 Å². The molecule has 1 aromatic heterocycles. The van der Waals surface area contributed by atoms with Crippen LogP contribution in [-0.4, -0.2) is 23.2 Å². The third kappa shape index (κ3) is 3.20. The number of aryl methyl sites for hydroxylation is 1. The summed E-state index contributed by atoms with van der Waals surface area (Å²) in [5, 5.41) is 3.49. The van der Waals surface area contributed by atoms with Crippen molar-refractivity contribution < 1.29 is 9.47 Å². The molecule has 2 heterocycles. The summed E-state index contributed by atoms with van der Waals surface area (Å²) in [6.07, 6.45) is 4.36. The quantitative estimate of drug-likeness (QED) is 0.941. The minimum absolute atomic E-state index is 0.122. The van der Waals surface area contributed by atoms with Gasteiger partial charge in [0.2, 0.25) is 0 Å². The fourth-order valence-electron chi connectivity index (χ4n) is 2.60. The largest absolute Gasteiger partial charge is 0.490 e. The van der Waals surface area contributed by atoms with Crippen LogP contribution >= 0.6 is 0 Å². The molecule has 1 N–H and O–H groups in total. The number of ether oxygens (including phenoxy) is 2. The van der Waals surface area contributed by atoms with Crippen LogP contribution in [0.25, 0.3) is 0 Å². The third-order valence-electron chi connectivity index (χ3n) is 3.78. The summed E-state index contributed by atoms with van der Waals surface area (Å²) in [7, 11) is 0. The zero-order chi connectivity index (χ0) is 15.4. The first-order valence-electron chi connectivity index (χ1n) is 7.64. The van der Waals surface area contributed by atoms with Crippen LogP contribution in [0, 0.1) is 6.92 Å². The van der Waals surface area contributed by atoms with Gasteiger partial charge in [0, 0.05) is 37.0 Å². The summed E-state index contributed by atoms with van der Waals surface area (Å²) in [5.74, 6) is 1.69. The number of hydrogen-bond acceptors (Lipinski definition) is 5. The lowest BCUT2D eigenvalue weighted by molar-refractivity contribution is 0.295. The molecule has 1 aliphatic heterocycles. The molecule has 0 saturated heterocycles. The Kier molecular flexibility index (Phi) is 4.53. The first kappa shape index (κ1) is 14.8. The Morgan fingerprint density at radius 2 is 2.00 bits per heavy atom. The molecule has 0 radical (unpaired) electrons. The van der Waals surface area contributed by atoms with Gasteiger partial charge in [-0.2, -0.15) is 0 Å². The van der Waals surface area contributed by atoms with E-state index in [0.717, 1.165) is 34.9 Å². The van der Waals surface area contributed by atoms with Crippen LogP contribution < -0.4 is 14.8 Å². The van der Waals surface area contributed by atoms with Crippen molar-refractivity contribution in [1.29, 1.82) is 0 Å². The van der Waals surface area contributed by atoms with Gasteiger partial charge in [-0.25, -0.2) is 0 Å². The van der Waals surface area contributed by atoms with Gasteiger partial charge in [-0.15, -0.1) is 0 Å². The highest BCUT2D eigenvalue weighted by Crippen LogP contribution is 2.33. The van der Waals surface area contributed by atoms with Crippen molar-refractivity contribution in [3.8, 4) is 11.5 Å². The normalized spacial score (nSPS) is 15.2. The van der Waals surface area contributed by atoms with Crippen LogP contribution in [0.1, 0.15) is 36.3 Å². The molecule has 3 rings (SSSR count). The molecule has 0 fully saturated rings. The molecule has 5 heteroatoms. The van der Waals surface area contributed by atoms with E-state index in [4.69, 9.17) is 9.47 Å². The van der Waals surface area contributed by atoms with E-state index in [1.165, 1.54) is 0 Å². The van der Waals surface area contributed by atoms with Crippen LogP contribution in [0.15, 0.2) is 30.6 Å². The predicted octanol–water partition coefficient (Wildman–Crippen LogP) is 2.80. The Labute approximate surface area is 130 Å². The number of fused-ring (bicyclic) bond motifs is 1. The second kappa shape index (κ2) is 6.75. The number of nitrogens with one attached hydrogen (secondary N) is 1. The van der Waals surface area contributed by atoms with Gasteiger partial charge < -0.3 is 14.8 Å². The van der Waals surface area contributed by atoms with E-state index in [9.17, 15) is 0 Å². The molecule has 2 aromatic rings. The first-order valence-corrected chi connectivity index (χ1v) is 7.64. The van der Waals surface area contributed by atoms with E-state index in [0.29, 0.717) is 19.8 Å². The molecule has 0 spiro atoms. The Hall–Kier alpha value is -2.14. The van der Waals surface area contributed by atoms with Gasteiger partial charge in [-0.1, -0.05) is 12.1 Å². The summed E-state index contributed by atoms with van der Waals surface area (Å²) >= 11 is 0. The average molecular weight is 299 g/mol. The van der Waals surface area contributed by atoms with Gasteiger partial charge in [0.1, 0.15) is 0 Å². The fraction of sp³-hybridized carbons (Fsp3) is 0.412. The second-order valence-electron chi connectivity index (χ2n) is 5.42. The highest BCUT2D eigenvalue weighted by molar-refractivity contribution is 5.47. The van der Waals surface area contributed by atoms with Crippen molar-refractivity contribution in [1.82, 2.24) is 15.3 Å². The average Bonchev–Trinajstić information content (AvgIpc) is 2.78. The van der Waals surface area contributed by atoms with Gasteiger partial charge in [-0.05, 0) is 19.9 Å². The minimum atomic E-state index is 0.122. The van der Waals surface area contributed by atoms with Crippen molar-refractivity contribution in [3.05, 3.63) is 47.5 Å². The molecule has 116 valence electrons. The van der Waals surface area contributed by atoms with E-state index in [-0.39, 0.29) is 6.04 Å². The molecule has 22 heavy (non-hydrogen) atoms. The van der Waals surface area contributed by atoms with Gasteiger partial charge >= 0.3 is 0 Å². The van der Waals surface area contributed by atoms with Crippen molar-refractivity contribution in [2.45, 2.75) is 32.9 Å². The maximum absolute atomic E-state index is 5.85. The Morgan fingerprint density at radius 1 is 1.18 bits per heavy atom. The summed E-state index contributed by atoms with van der Waals surface area (Å²) in [5.41, 5.74) is 3.03. The standard InChI is InChI=1S/C17H21N3O2/c1-12-16(19-8-7-18-12)13(2)20-11-14-5-3-6-15-17(14)22-10-4-9-21-15/h3,5-8,13,20H,4,9-11H2,1-2H3. The van der Waals surface area contributed by atoms with Crippen LogP contribution in [-0.2, 0) is 6.54 Å². The highest BCUT2D eigenvalue weighted by Gasteiger charge is 2.16. The highest BCUT2D eigenvalue weighted by atomic mass is 16.5. The van der Waals surface area contributed by atoms with Crippen LogP contribution in [0.5, 0.6) is 11.5 Å². The number of hydrogen-bond donors (Lipinski definition) is 1. The lowest BCUT2D eigenvalue weighted by Gasteiger charge is -2.17. The molecule has 0 saturated carbocycles. The fourth-order valence-corrected chi connectivity index (χ4v) is 2.60. The zero-order valence-corrected chi connectivity index (χ0v) is 13.0. The molecule has 5 nitrogen and oxygen atoms in total. The zero-order valence-electron chi connectivity index (χ0n) is 13.0. The van der Waals surface area contributed by atoms with E-state index in [1.807, 2.05) is 19.1 Å². The molecular weight excluding hydrogens is 278 g/mol. The number of aromatic nitrogens is 2. The Balaban J connectivity index is 1.73. The topological polar surface area (TPSA) is 56.3 Å². The number of benzene rings is 1. The summed E-state index contributed by atoms with van der Waals surface area (Å²) in [6, 6.07) is 6.15. The summed E-state index contributed by atoms with van der Waals surface area (Å²) < 4.78 is 11.6. The monoisotopic (exact) mass is 299 g/mol. The van der Waals surface area contributed by atoms with Gasteiger partial charge in [0.05, 0.1) is 24.6 Å². The lowest BCUT2D eigenvalue weighted by Crippen LogP contribution is -2.20. The van der Waals surface area contributed by atoms with Crippen LogP contribution in [0.2, 0.25) is 0 Å². The maximum Gasteiger partial charge on any atom is 0.165 e. The van der Waals surface area contributed by atoms with E-state index >= 15 is 0 Å². The lowest BCUT2D eigenvalue weighted by atomic mass is 10.1. The SMILES string of the molecule is Cc1nccnc1C(C)NCc1cccc2c1OCCCO2. The maximum atomic E-state index is 5.85. The molecule has 1 unspecified atom stereocenters. The molecule has 1 aliphatic rings. The third-order valence-corrected chi connectivity index (χ3v) is 3.78. The number of para-hydroxylation sites is 1. The van der Waals surface area contributed by atoms with Crippen molar-refractivity contribution >= 4 is 0 Å². The molecule has 0 bridgehead atoms. The number of nitrogens with zero attached hydrogens (tertiary/aromatic N) is 2. The summed E-state index contributed by atoms with van der Waals surface area (Å²) in [4.78, 5) is 8.70. The Morgan fingerprint density at radius 3 is 2.86 bits per heavy atom. The molecule has 1 atom stereocenters. The van der Waals surface area contributed by atoms with E-state index in [1.54, 1.807) is 12.4 Å². The molecule has 0 aliphatic carbocycles. The van der Waals surface area contributed by atoms with Gasteiger partial charge in [0.25, 0.3) is 0 Å². The molecule has 0 amide bonds. The second-order valence-corrected chi connectivity index (χ2v) is 5.42. The molecular formula is C17H21N3O2. The van der Waals surface area contributed by atoms with Crippen LogP contribution in [0.3, 0.4) is 0 Å².